The molecule has 0 fully saturated rings. The first-order valence-electron chi connectivity index (χ1n) is 4.35. The minimum absolute atomic E-state index is 0.159. The van der Waals surface area contributed by atoms with E-state index in [2.05, 4.69) is 35.0 Å². The SMILES string of the molecule is Cc1ccc(Br)cc1C(C)(C)CO. The topological polar surface area (TPSA) is 20.2 Å². The number of benzene rings is 1. The van der Waals surface area contributed by atoms with Crippen LogP contribution in [0, 0.1) is 6.92 Å². The summed E-state index contributed by atoms with van der Waals surface area (Å²) >= 11 is 3.44. The molecule has 0 unspecified atom stereocenters. The molecule has 0 aliphatic carbocycles. The van der Waals surface area contributed by atoms with Crippen LogP contribution < -0.4 is 0 Å². The van der Waals surface area contributed by atoms with Crippen LogP contribution in [0.4, 0.5) is 0 Å². The molecule has 0 aliphatic heterocycles. The molecule has 1 aromatic carbocycles. The zero-order valence-corrected chi connectivity index (χ0v) is 9.85. The third-order valence-corrected chi connectivity index (χ3v) is 2.82. The van der Waals surface area contributed by atoms with Crippen LogP contribution in [0.3, 0.4) is 0 Å². The van der Waals surface area contributed by atoms with Gasteiger partial charge < -0.3 is 5.11 Å². The number of aliphatic hydroxyl groups excluding tert-OH is 1. The molecular formula is C11H15BrO. The Hall–Kier alpha value is -0.340. The van der Waals surface area contributed by atoms with E-state index in [0.29, 0.717) is 0 Å². The summed E-state index contributed by atoms with van der Waals surface area (Å²) < 4.78 is 1.06. The molecule has 0 atom stereocenters. The van der Waals surface area contributed by atoms with Crippen molar-refractivity contribution >= 4 is 15.9 Å². The summed E-state index contributed by atoms with van der Waals surface area (Å²) in [7, 11) is 0. The van der Waals surface area contributed by atoms with Crippen LogP contribution in [0.5, 0.6) is 0 Å². The Bertz CT molecular complexity index is 305. The summed E-state index contributed by atoms with van der Waals surface area (Å²) in [5.41, 5.74) is 2.26. The second kappa shape index (κ2) is 3.81. The second-order valence-electron chi connectivity index (χ2n) is 4.00. The fourth-order valence-corrected chi connectivity index (χ4v) is 1.77. The Labute approximate surface area is 87.9 Å². The van der Waals surface area contributed by atoms with E-state index in [1.807, 2.05) is 19.9 Å². The lowest BCUT2D eigenvalue weighted by Crippen LogP contribution is -2.23. The summed E-state index contributed by atoms with van der Waals surface area (Å²) in [6.45, 7) is 6.33. The van der Waals surface area contributed by atoms with Crippen LogP contribution in [0.25, 0.3) is 0 Å². The fourth-order valence-electron chi connectivity index (χ4n) is 1.41. The number of hydrogen-bond acceptors (Lipinski definition) is 1. The standard InChI is InChI=1S/C11H15BrO/c1-8-4-5-9(12)6-10(8)11(2,3)7-13/h4-6,13H,7H2,1-3H3. The third-order valence-electron chi connectivity index (χ3n) is 2.32. The van der Waals surface area contributed by atoms with E-state index >= 15 is 0 Å². The van der Waals surface area contributed by atoms with E-state index in [4.69, 9.17) is 0 Å². The molecule has 72 valence electrons. The minimum Gasteiger partial charge on any atom is -0.395 e. The van der Waals surface area contributed by atoms with E-state index in [9.17, 15) is 5.11 Å². The van der Waals surface area contributed by atoms with Gasteiger partial charge in [-0.15, -0.1) is 0 Å². The predicted molar refractivity (Wildman–Crippen MR) is 59.0 cm³/mol. The summed E-state index contributed by atoms with van der Waals surface area (Å²) in [5, 5.41) is 9.25. The Morgan fingerprint density at radius 2 is 2.00 bits per heavy atom. The zero-order valence-electron chi connectivity index (χ0n) is 8.26. The molecule has 0 amide bonds. The Kier molecular flexibility index (Phi) is 3.14. The van der Waals surface area contributed by atoms with Crippen molar-refractivity contribution in [2.45, 2.75) is 26.2 Å². The highest BCUT2D eigenvalue weighted by Gasteiger charge is 2.21. The van der Waals surface area contributed by atoms with Crippen molar-refractivity contribution in [3.63, 3.8) is 0 Å². The molecule has 1 N–H and O–H groups in total. The largest absolute Gasteiger partial charge is 0.395 e. The maximum Gasteiger partial charge on any atom is 0.0522 e. The zero-order chi connectivity index (χ0) is 10.1. The quantitative estimate of drug-likeness (QED) is 0.846. The molecule has 0 saturated carbocycles. The van der Waals surface area contributed by atoms with Gasteiger partial charge in [0.05, 0.1) is 6.61 Å². The molecule has 0 aromatic heterocycles. The van der Waals surface area contributed by atoms with E-state index in [1.54, 1.807) is 0 Å². The van der Waals surface area contributed by atoms with E-state index in [1.165, 1.54) is 11.1 Å². The fraction of sp³-hybridized carbons (Fsp3) is 0.455. The number of aliphatic hydroxyl groups is 1. The third kappa shape index (κ3) is 2.32. The monoisotopic (exact) mass is 242 g/mol. The van der Waals surface area contributed by atoms with Crippen LogP contribution in [-0.2, 0) is 5.41 Å². The van der Waals surface area contributed by atoms with Crippen LogP contribution in [-0.4, -0.2) is 11.7 Å². The van der Waals surface area contributed by atoms with Crippen molar-refractivity contribution in [1.82, 2.24) is 0 Å². The van der Waals surface area contributed by atoms with Gasteiger partial charge in [-0.05, 0) is 30.2 Å². The van der Waals surface area contributed by atoms with Crippen molar-refractivity contribution in [3.8, 4) is 0 Å². The smallest absolute Gasteiger partial charge is 0.0522 e. The Morgan fingerprint density at radius 1 is 1.38 bits per heavy atom. The van der Waals surface area contributed by atoms with E-state index in [0.717, 1.165) is 4.47 Å². The van der Waals surface area contributed by atoms with Gasteiger partial charge in [-0.3, -0.25) is 0 Å². The highest BCUT2D eigenvalue weighted by molar-refractivity contribution is 9.10. The van der Waals surface area contributed by atoms with E-state index in [-0.39, 0.29) is 12.0 Å². The van der Waals surface area contributed by atoms with Crippen LogP contribution >= 0.6 is 15.9 Å². The van der Waals surface area contributed by atoms with Gasteiger partial charge in [0, 0.05) is 9.89 Å². The van der Waals surface area contributed by atoms with Crippen molar-refractivity contribution in [3.05, 3.63) is 33.8 Å². The van der Waals surface area contributed by atoms with Gasteiger partial charge in [0.15, 0.2) is 0 Å². The molecule has 0 bridgehead atoms. The molecule has 1 nitrogen and oxygen atoms in total. The Morgan fingerprint density at radius 3 is 2.54 bits per heavy atom. The maximum atomic E-state index is 9.25. The van der Waals surface area contributed by atoms with Crippen molar-refractivity contribution in [2.75, 3.05) is 6.61 Å². The summed E-state index contributed by atoms with van der Waals surface area (Å²) in [5.74, 6) is 0. The summed E-state index contributed by atoms with van der Waals surface area (Å²) in [6.07, 6.45) is 0. The average Bonchev–Trinajstić information content (AvgIpc) is 2.09. The maximum absolute atomic E-state index is 9.25. The van der Waals surface area contributed by atoms with Crippen LogP contribution in [0.2, 0.25) is 0 Å². The van der Waals surface area contributed by atoms with Gasteiger partial charge in [0.2, 0.25) is 0 Å². The number of rotatable bonds is 2. The molecule has 0 heterocycles. The highest BCUT2D eigenvalue weighted by atomic mass is 79.9. The highest BCUT2D eigenvalue weighted by Crippen LogP contribution is 2.28. The molecule has 13 heavy (non-hydrogen) atoms. The first kappa shape index (κ1) is 10.7. The first-order valence-corrected chi connectivity index (χ1v) is 5.14. The van der Waals surface area contributed by atoms with E-state index < -0.39 is 0 Å². The molecule has 1 rings (SSSR count). The van der Waals surface area contributed by atoms with Gasteiger partial charge in [-0.1, -0.05) is 35.8 Å². The van der Waals surface area contributed by atoms with Gasteiger partial charge in [-0.2, -0.15) is 0 Å². The number of halogens is 1. The van der Waals surface area contributed by atoms with Gasteiger partial charge in [0.1, 0.15) is 0 Å². The van der Waals surface area contributed by atoms with Gasteiger partial charge in [-0.25, -0.2) is 0 Å². The van der Waals surface area contributed by atoms with Gasteiger partial charge in [0.25, 0.3) is 0 Å². The molecule has 0 saturated heterocycles. The second-order valence-corrected chi connectivity index (χ2v) is 4.92. The lowest BCUT2D eigenvalue weighted by atomic mass is 9.83. The molecule has 0 aliphatic rings. The molecule has 1 aromatic rings. The minimum atomic E-state index is -0.159. The first-order chi connectivity index (χ1) is 5.97. The lowest BCUT2D eigenvalue weighted by Gasteiger charge is -2.24. The lowest BCUT2D eigenvalue weighted by molar-refractivity contribution is 0.218. The molecule has 0 spiro atoms. The molecule has 0 radical (unpaired) electrons. The average molecular weight is 243 g/mol. The molecular weight excluding hydrogens is 228 g/mol. The summed E-state index contributed by atoms with van der Waals surface area (Å²) in [4.78, 5) is 0. The van der Waals surface area contributed by atoms with Crippen molar-refractivity contribution < 1.29 is 5.11 Å². The summed E-state index contributed by atoms with van der Waals surface area (Å²) in [6, 6.07) is 6.16. The van der Waals surface area contributed by atoms with Gasteiger partial charge >= 0.3 is 0 Å². The molecule has 2 heteroatoms. The normalized spacial score (nSPS) is 11.8. The Balaban J connectivity index is 3.20. The van der Waals surface area contributed by atoms with Crippen LogP contribution in [0.1, 0.15) is 25.0 Å². The van der Waals surface area contributed by atoms with Crippen LogP contribution in [0.15, 0.2) is 22.7 Å². The number of hydrogen-bond donors (Lipinski definition) is 1. The van der Waals surface area contributed by atoms with Crippen molar-refractivity contribution in [1.29, 1.82) is 0 Å². The van der Waals surface area contributed by atoms with Crippen molar-refractivity contribution in [2.24, 2.45) is 0 Å². The number of aryl methyl sites for hydroxylation is 1. The predicted octanol–water partition coefficient (Wildman–Crippen LogP) is 3.03.